The average Bonchev–Trinajstić information content (AvgIpc) is 2.42. The van der Waals surface area contributed by atoms with Crippen molar-refractivity contribution < 1.29 is 4.74 Å². The highest BCUT2D eigenvalue weighted by atomic mass is 16.5. The minimum atomic E-state index is -0.461. The summed E-state index contributed by atoms with van der Waals surface area (Å²) in [7, 11) is 0. The van der Waals surface area contributed by atoms with E-state index in [9.17, 15) is 4.79 Å². The highest BCUT2D eigenvalue weighted by Crippen LogP contribution is 2.25. The summed E-state index contributed by atoms with van der Waals surface area (Å²) in [6, 6.07) is 10.9. The van der Waals surface area contributed by atoms with Gasteiger partial charge < -0.3 is 15.5 Å². The molecule has 0 aliphatic rings. The Morgan fingerprint density at radius 1 is 1.16 bits per heavy atom. The first kappa shape index (κ1) is 11.2. The number of nitrogens with zero attached hydrogens (tertiary/aromatic N) is 2. The Morgan fingerprint density at radius 3 is 2.74 bits per heavy atom. The second-order valence-electron chi connectivity index (χ2n) is 3.87. The Bertz CT molecular complexity index is 784. The molecular formula is C13H10N4O2. The van der Waals surface area contributed by atoms with Gasteiger partial charge >= 0.3 is 0 Å². The fourth-order valence-corrected chi connectivity index (χ4v) is 1.68. The molecule has 3 aromatic rings. The number of fused-ring (bicyclic) bond motifs is 1. The van der Waals surface area contributed by atoms with Gasteiger partial charge in [0, 0.05) is 12.3 Å². The van der Waals surface area contributed by atoms with Crippen LogP contribution in [0.2, 0.25) is 0 Å². The van der Waals surface area contributed by atoms with E-state index in [-0.39, 0.29) is 5.82 Å². The van der Waals surface area contributed by atoms with Gasteiger partial charge in [-0.3, -0.25) is 4.79 Å². The molecule has 3 rings (SSSR count). The van der Waals surface area contributed by atoms with E-state index >= 15 is 0 Å². The van der Waals surface area contributed by atoms with Crippen molar-refractivity contribution in [2.45, 2.75) is 0 Å². The molecule has 94 valence electrons. The van der Waals surface area contributed by atoms with Gasteiger partial charge in [0.2, 0.25) is 0 Å². The van der Waals surface area contributed by atoms with Crippen molar-refractivity contribution in [3.05, 3.63) is 52.9 Å². The van der Waals surface area contributed by atoms with E-state index in [2.05, 4.69) is 15.0 Å². The van der Waals surface area contributed by atoms with Gasteiger partial charge in [-0.2, -0.15) is 0 Å². The van der Waals surface area contributed by atoms with E-state index < -0.39 is 5.56 Å². The molecule has 2 heterocycles. The van der Waals surface area contributed by atoms with Crippen LogP contribution in [0.25, 0.3) is 11.2 Å². The Labute approximate surface area is 107 Å². The summed E-state index contributed by atoms with van der Waals surface area (Å²) < 4.78 is 5.71. The summed E-state index contributed by atoms with van der Waals surface area (Å²) in [5.74, 6) is 1.04. The second kappa shape index (κ2) is 4.41. The van der Waals surface area contributed by atoms with Crippen LogP contribution in [0.1, 0.15) is 0 Å². The first-order chi connectivity index (χ1) is 9.24. The molecule has 0 amide bonds. The van der Waals surface area contributed by atoms with Crippen molar-refractivity contribution in [3.8, 4) is 11.5 Å². The highest BCUT2D eigenvalue weighted by molar-refractivity contribution is 5.78. The van der Waals surface area contributed by atoms with E-state index in [1.165, 1.54) is 6.20 Å². The van der Waals surface area contributed by atoms with Gasteiger partial charge in [0.05, 0.1) is 0 Å². The molecule has 0 radical (unpaired) electrons. The maximum Gasteiger partial charge on any atom is 0.292 e. The summed E-state index contributed by atoms with van der Waals surface area (Å²) in [5, 5.41) is 0. The van der Waals surface area contributed by atoms with Gasteiger partial charge in [0.15, 0.2) is 22.7 Å². The standard InChI is InChI=1S/C13H10N4O2/c14-11-13(18)17-12-10(16-11)9(6-7-15-12)19-8-4-2-1-3-5-8/h1-7H,(H2,14,16)(H,15,17,18). The predicted octanol–water partition coefficient (Wildman–Crippen LogP) is 1.69. The molecule has 0 saturated carbocycles. The third kappa shape index (κ3) is 2.11. The monoisotopic (exact) mass is 254 g/mol. The fourth-order valence-electron chi connectivity index (χ4n) is 1.68. The van der Waals surface area contributed by atoms with E-state index in [0.717, 1.165) is 0 Å². The summed E-state index contributed by atoms with van der Waals surface area (Å²) in [5.41, 5.74) is 5.81. The quantitative estimate of drug-likeness (QED) is 0.725. The van der Waals surface area contributed by atoms with Crippen LogP contribution in [-0.4, -0.2) is 15.0 Å². The fraction of sp³-hybridized carbons (Fsp3) is 0. The number of aromatic amines is 1. The number of aromatic nitrogens is 3. The number of pyridine rings is 1. The highest BCUT2D eigenvalue weighted by Gasteiger charge is 2.08. The third-order valence-electron chi connectivity index (χ3n) is 2.56. The number of ether oxygens (including phenoxy) is 1. The molecule has 0 saturated heterocycles. The van der Waals surface area contributed by atoms with Crippen LogP contribution in [0.15, 0.2) is 47.4 Å². The number of nitrogens with one attached hydrogen (secondary N) is 1. The minimum Gasteiger partial charge on any atom is -0.455 e. The number of hydrogen-bond donors (Lipinski definition) is 2. The van der Waals surface area contributed by atoms with Crippen LogP contribution >= 0.6 is 0 Å². The molecule has 2 aromatic heterocycles. The van der Waals surface area contributed by atoms with Gasteiger partial charge in [-0.1, -0.05) is 18.2 Å². The summed E-state index contributed by atoms with van der Waals surface area (Å²) >= 11 is 0. The topological polar surface area (TPSA) is 93.9 Å². The molecule has 6 nitrogen and oxygen atoms in total. The van der Waals surface area contributed by atoms with E-state index in [1.807, 2.05) is 30.3 Å². The molecule has 1 aromatic carbocycles. The van der Waals surface area contributed by atoms with Crippen LogP contribution in [0.3, 0.4) is 0 Å². The summed E-state index contributed by atoms with van der Waals surface area (Å²) in [6.07, 6.45) is 1.54. The molecule has 0 bridgehead atoms. The number of hydrogen-bond acceptors (Lipinski definition) is 5. The van der Waals surface area contributed by atoms with Crippen molar-refractivity contribution in [2.75, 3.05) is 5.73 Å². The lowest BCUT2D eigenvalue weighted by Gasteiger charge is -2.07. The summed E-state index contributed by atoms with van der Waals surface area (Å²) in [6.45, 7) is 0. The third-order valence-corrected chi connectivity index (χ3v) is 2.56. The lowest BCUT2D eigenvalue weighted by atomic mass is 10.3. The molecule has 0 unspecified atom stereocenters. The maximum atomic E-state index is 11.4. The van der Waals surface area contributed by atoms with Crippen molar-refractivity contribution in [2.24, 2.45) is 0 Å². The Balaban J connectivity index is 2.14. The molecular weight excluding hydrogens is 244 g/mol. The zero-order valence-corrected chi connectivity index (χ0v) is 9.83. The minimum absolute atomic E-state index is 0.113. The first-order valence-electron chi connectivity index (χ1n) is 5.61. The molecule has 0 fully saturated rings. The number of benzene rings is 1. The normalized spacial score (nSPS) is 10.5. The maximum absolute atomic E-state index is 11.4. The van der Waals surface area contributed by atoms with E-state index in [0.29, 0.717) is 22.7 Å². The Morgan fingerprint density at radius 2 is 1.95 bits per heavy atom. The Kier molecular flexibility index (Phi) is 2.60. The van der Waals surface area contributed by atoms with Crippen LogP contribution in [-0.2, 0) is 0 Å². The number of H-pyrrole nitrogens is 1. The molecule has 6 heteroatoms. The van der Waals surface area contributed by atoms with Crippen molar-refractivity contribution in [3.63, 3.8) is 0 Å². The largest absolute Gasteiger partial charge is 0.455 e. The molecule has 0 aliphatic carbocycles. The Hall–Kier alpha value is -2.89. The lowest BCUT2D eigenvalue weighted by Crippen LogP contribution is -2.14. The number of nitrogens with two attached hydrogens (primary N) is 1. The van der Waals surface area contributed by atoms with Crippen LogP contribution in [0.5, 0.6) is 11.5 Å². The number of anilines is 1. The van der Waals surface area contributed by atoms with Crippen molar-refractivity contribution in [1.29, 1.82) is 0 Å². The van der Waals surface area contributed by atoms with Crippen molar-refractivity contribution in [1.82, 2.24) is 15.0 Å². The van der Waals surface area contributed by atoms with Crippen LogP contribution < -0.4 is 16.0 Å². The van der Waals surface area contributed by atoms with Crippen molar-refractivity contribution >= 4 is 17.0 Å². The second-order valence-corrected chi connectivity index (χ2v) is 3.87. The average molecular weight is 254 g/mol. The predicted molar refractivity (Wildman–Crippen MR) is 71.1 cm³/mol. The van der Waals surface area contributed by atoms with Crippen LogP contribution in [0, 0.1) is 0 Å². The molecule has 0 aliphatic heterocycles. The summed E-state index contributed by atoms with van der Waals surface area (Å²) in [4.78, 5) is 22.0. The van der Waals surface area contributed by atoms with E-state index in [4.69, 9.17) is 10.5 Å². The molecule has 0 spiro atoms. The van der Waals surface area contributed by atoms with Gasteiger partial charge in [-0.25, -0.2) is 9.97 Å². The van der Waals surface area contributed by atoms with Crippen LogP contribution in [0.4, 0.5) is 5.82 Å². The zero-order valence-electron chi connectivity index (χ0n) is 9.83. The zero-order chi connectivity index (χ0) is 13.2. The van der Waals surface area contributed by atoms with Gasteiger partial charge in [0.1, 0.15) is 5.75 Å². The van der Waals surface area contributed by atoms with Gasteiger partial charge in [-0.05, 0) is 12.1 Å². The molecule has 0 atom stereocenters. The number of rotatable bonds is 2. The molecule has 3 N–H and O–H groups in total. The van der Waals surface area contributed by atoms with Gasteiger partial charge in [0.25, 0.3) is 5.56 Å². The van der Waals surface area contributed by atoms with E-state index in [1.54, 1.807) is 6.07 Å². The number of para-hydroxylation sites is 1. The SMILES string of the molecule is Nc1nc2c(Oc3ccccc3)ccnc2[nH]c1=O. The lowest BCUT2D eigenvalue weighted by molar-refractivity contribution is 0.486. The molecule has 19 heavy (non-hydrogen) atoms. The first-order valence-corrected chi connectivity index (χ1v) is 5.61. The van der Waals surface area contributed by atoms with Gasteiger partial charge in [-0.15, -0.1) is 0 Å². The number of nitrogen functional groups attached to an aromatic ring is 1. The smallest absolute Gasteiger partial charge is 0.292 e.